The number of halogens is 3. The highest BCUT2D eigenvalue weighted by molar-refractivity contribution is 6.31. The Labute approximate surface area is 164 Å². The molecule has 2 N–H and O–H groups in total. The largest absolute Gasteiger partial charge is 0.383 e. The molecule has 0 aromatic heterocycles. The van der Waals surface area contributed by atoms with Crippen molar-refractivity contribution in [3.05, 3.63) is 70.0 Å². The fourth-order valence-corrected chi connectivity index (χ4v) is 2.70. The third-order valence-corrected chi connectivity index (χ3v) is 4.09. The number of aryl methyl sites for hydroxylation is 1. The molecule has 0 bridgehead atoms. The first kappa shape index (κ1) is 22.4. The minimum absolute atomic E-state index is 0. The lowest BCUT2D eigenvalue weighted by atomic mass is 9.97. The molecule has 2 aromatic rings. The Morgan fingerprint density at radius 3 is 2.54 bits per heavy atom. The standard InChI is InChI=1S/C19H22ClFN2O2.ClH/c1-13-3-5-14(6-4-13)19(16-8-7-15(21)11-17(16)20)23-18(24)12-22-9-10-25-2;/h3-8,11,19,22H,9-10,12H2,1-2H3,(H,23,24);1H. The number of nitrogens with one attached hydrogen (secondary N) is 2. The molecule has 0 radical (unpaired) electrons. The van der Waals surface area contributed by atoms with Gasteiger partial charge in [0.25, 0.3) is 0 Å². The Kier molecular flexibility index (Phi) is 9.59. The molecular formula is C19H23Cl2FN2O2. The first-order chi connectivity index (χ1) is 12.0. The van der Waals surface area contributed by atoms with Crippen molar-refractivity contribution in [1.82, 2.24) is 10.6 Å². The zero-order chi connectivity index (χ0) is 18.2. The van der Waals surface area contributed by atoms with Crippen LogP contribution in [0.4, 0.5) is 4.39 Å². The lowest BCUT2D eigenvalue weighted by Gasteiger charge is -2.21. The predicted molar refractivity (Wildman–Crippen MR) is 105 cm³/mol. The van der Waals surface area contributed by atoms with Gasteiger partial charge in [0, 0.05) is 18.7 Å². The summed E-state index contributed by atoms with van der Waals surface area (Å²) in [4.78, 5) is 12.3. The second kappa shape index (κ2) is 11.1. The van der Waals surface area contributed by atoms with Gasteiger partial charge in [-0.3, -0.25) is 4.79 Å². The molecular weight excluding hydrogens is 378 g/mol. The van der Waals surface area contributed by atoms with Crippen LogP contribution in [-0.4, -0.2) is 32.7 Å². The number of ether oxygens (including phenoxy) is 1. The third-order valence-electron chi connectivity index (χ3n) is 3.76. The van der Waals surface area contributed by atoms with E-state index in [1.54, 1.807) is 13.2 Å². The van der Waals surface area contributed by atoms with Crippen molar-refractivity contribution in [2.45, 2.75) is 13.0 Å². The van der Waals surface area contributed by atoms with Gasteiger partial charge in [0.05, 0.1) is 19.2 Å². The van der Waals surface area contributed by atoms with Crippen molar-refractivity contribution < 1.29 is 13.9 Å². The van der Waals surface area contributed by atoms with E-state index >= 15 is 0 Å². The number of benzene rings is 2. The molecule has 0 fully saturated rings. The summed E-state index contributed by atoms with van der Waals surface area (Å²) in [5.41, 5.74) is 2.64. The number of rotatable bonds is 8. The van der Waals surface area contributed by atoms with Crippen molar-refractivity contribution in [3.63, 3.8) is 0 Å². The van der Waals surface area contributed by atoms with E-state index in [0.29, 0.717) is 18.7 Å². The van der Waals surface area contributed by atoms with Crippen molar-refractivity contribution >= 4 is 29.9 Å². The second-order valence-corrected chi connectivity index (χ2v) is 6.15. The quantitative estimate of drug-likeness (QED) is 0.664. The second-order valence-electron chi connectivity index (χ2n) is 5.75. The van der Waals surface area contributed by atoms with E-state index in [1.165, 1.54) is 12.1 Å². The summed E-state index contributed by atoms with van der Waals surface area (Å²) in [6.45, 7) is 3.25. The fraction of sp³-hybridized carbons (Fsp3) is 0.316. The Bertz CT molecular complexity index is 711. The first-order valence-electron chi connectivity index (χ1n) is 8.02. The molecule has 2 rings (SSSR count). The van der Waals surface area contributed by atoms with Crippen LogP contribution in [0.2, 0.25) is 5.02 Å². The van der Waals surface area contributed by atoms with E-state index < -0.39 is 11.9 Å². The van der Waals surface area contributed by atoms with Crippen LogP contribution >= 0.6 is 24.0 Å². The van der Waals surface area contributed by atoms with Crippen LogP contribution in [0.5, 0.6) is 0 Å². The van der Waals surface area contributed by atoms with Crippen LogP contribution < -0.4 is 10.6 Å². The van der Waals surface area contributed by atoms with Gasteiger partial charge in [0.2, 0.25) is 5.91 Å². The molecule has 2 aromatic carbocycles. The Morgan fingerprint density at radius 1 is 1.23 bits per heavy atom. The molecule has 1 atom stereocenters. The summed E-state index contributed by atoms with van der Waals surface area (Å²) >= 11 is 6.21. The van der Waals surface area contributed by atoms with Crippen LogP contribution in [0.15, 0.2) is 42.5 Å². The molecule has 0 aliphatic heterocycles. The molecule has 1 amide bonds. The fourth-order valence-electron chi connectivity index (χ4n) is 2.42. The van der Waals surface area contributed by atoms with Crippen molar-refractivity contribution in [2.75, 3.05) is 26.8 Å². The number of methoxy groups -OCH3 is 1. The predicted octanol–water partition coefficient (Wildman–Crippen LogP) is 3.65. The van der Waals surface area contributed by atoms with E-state index in [-0.39, 0.29) is 29.9 Å². The van der Waals surface area contributed by atoms with E-state index in [4.69, 9.17) is 16.3 Å². The van der Waals surface area contributed by atoms with Crippen LogP contribution in [0.1, 0.15) is 22.7 Å². The number of carbonyl (C=O) groups is 1. The molecule has 1 unspecified atom stereocenters. The number of amides is 1. The summed E-state index contributed by atoms with van der Waals surface area (Å²) in [5.74, 6) is -0.592. The maximum Gasteiger partial charge on any atom is 0.234 e. The first-order valence-corrected chi connectivity index (χ1v) is 8.39. The van der Waals surface area contributed by atoms with Gasteiger partial charge >= 0.3 is 0 Å². The van der Waals surface area contributed by atoms with E-state index in [0.717, 1.165) is 11.1 Å². The molecule has 0 spiro atoms. The molecule has 142 valence electrons. The average Bonchev–Trinajstić information content (AvgIpc) is 2.58. The molecule has 4 nitrogen and oxygen atoms in total. The van der Waals surface area contributed by atoms with Gasteiger partial charge in [0.1, 0.15) is 5.82 Å². The molecule has 0 saturated carbocycles. The topological polar surface area (TPSA) is 50.4 Å². The third kappa shape index (κ3) is 6.57. The van der Waals surface area contributed by atoms with Gasteiger partial charge in [0.15, 0.2) is 0 Å². The van der Waals surface area contributed by atoms with Gasteiger partial charge in [-0.2, -0.15) is 0 Å². The summed E-state index contributed by atoms with van der Waals surface area (Å²) < 4.78 is 18.3. The molecule has 0 saturated heterocycles. The molecule has 0 aliphatic rings. The lowest BCUT2D eigenvalue weighted by molar-refractivity contribution is -0.120. The molecule has 7 heteroatoms. The minimum atomic E-state index is -0.453. The van der Waals surface area contributed by atoms with Crippen LogP contribution in [0.25, 0.3) is 0 Å². The highest BCUT2D eigenvalue weighted by atomic mass is 35.5. The van der Waals surface area contributed by atoms with Gasteiger partial charge < -0.3 is 15.4 Å². The zero-order valence-electron chi connectivity index (χ0n) is 14.7. The van der Waals surface area contributed by atoms with Crippen molar-refractivity contribution in [1.29, 1.82) is 0 Å². The van der Waals surface area contributed by atoms with Crippen molar-refractivity contribution in [3.8, 4) is 0 Å². The normalized spacial score (nSPS) is 11.5. The lowest BCUT2D eigenvalue weighted by Crippen LogP contribution is -2.37. The zero-order valence-corrected chi connectivity index (χ0v) is 16.3. The maximum atomic E-state index is 13.4. The molecule has 0 heterocycles. The Balaban J connectivity index is 0.00000338. The summed E-state index contributed by atoms with van der Waals surface area (Å²) in [6, 6.07) is 11.5. The number of hydrogen-bond donors (Lipinski definition) is 2. The van der Waals surface area contributed by atoms with Gasteiger partial charge in [-0.1, -0.05) is 47.5 Å². The minimum Gasteiger partial charge on any atom is -0.383 e. The van der Waals surface area contributed by atoms with E-state index in [2.05, 4.69) is 10.6 Å². The highest BCUT2D eigenvalue weighted by Gasteiger charge is 2.19. The Hall–Kier alpha value is -1.66. The summed E-state index contributed by atoms with van der Waals surface area (Å²) in [5, 5.41) is 6.23. The van der Waals surface area contributed by atoms with Crippen LogP contribution in [0.3, 0.4) is 0 Å². The average molecular weight is 401 g/mol. The maximum absolute atomic E-state index is 13.4. The van der Waals surface area contributed by atoms with Crippen LogP contribution in [0, 0.1) is 12.7 Å². The number of hydrogen-bond acceptors (Lipinski definition) is 3. The highest BCUT2D eigenvalue weighted by Crippen LogP contribution is 2.29. The van der Waals surface area contributed by atoms with Gasteiger partial charge in [-0.25, -0.2) is 4.39 Å². The monoisotopic (exact) mass is 400 g/mol. The van der Waals surface area contributed by atoms with E-state index in [1.807, 2.05) is 31.2 Å². The smallest absolute Gasteiger partial charge is 0.234 e. The van der Waals surface area contributed by atoms with Gasteiger partial charge in [-0.05, 0) is 30.2 Å². The molecule has 26 heavy (non-hydrogen) atoms. The van der Waals surface area contributed by atoms with E-state index in [9.17, 15) is 9.18 Å². The summed E-state index contributed by atoms with van der Waals surface area (Å²) in [7, 11) is 1.60. The Morgan fingerprint density at radius 2 is 1.92 bits per heavy atom. The van der Waals surface area contributed by atoms with Gasteiger partial charge in [-0.15, -0.1) is 12.4 Å². The number of carbonyl (C=O) groups excluding carboxylic acids is 1. The van der Waals surface area contributed by atoms with Crippen LogP contribution in [-0.2, 0) is 9.53 Å². The van der Waals surface area contributed by atoms with Crippen molar-refractivity contribution in [2.24, 2.45) is 0 Å². The SMILES string of the molecule is COCCNCC(=O)NC(c1ccc(C)cc1)c1ccc(F)cc1Cl.Cl. The molecule has 0 aliphatic carbocycles. The summed E-state index contributed by atoms with van der Waals surface area (Å²) in [6.07, 6.45) is 0.